The first-order chi connectivity index (χ1) is 6.60. The fourth-order valence-electron chi connectivity index (χ4n) is 0.829. The molecule has 1 N–H and O–H groups in total. The van der Waals surface area contributed by atoms with Crippen molar-refractivity contribution in [3.63, 3.8) is 0 Å². The summed E-state index contributed by atoms with van der Waals surface area (Å²) in [6, 6.07) is 1.59. The molecule has 0 radical (unpaired) electrons. The van der Waals surface area contributed by atoms with Gasteiger partial charge in [-0.2, -0.15) is 5.26 Å². The number of hydrogen-bond donors (Lipinski definition) is 1. The van der Waals surface area contributed by atoms with E-state index in [-0.39, 0.29) is 0 Å². The molecule has 0 aromatic rings. The summed E-state index contributed by atoms with van der Waals surface area (Å²) in [5, 5.41) is 17.4. The van der Waals surface area contributed by atoms with E-state index in [0.717, 1.165) is 0 Å². The SMILES string of the molecule is CC(C)(C)OC(=O)CC(C)(C#N)C(=O)O. The van der Waals surface area contributed by atoms with Gasteiger partial charge in [0.1, 0.15) is 5.60 Å². The molecule has 5 nitrogen and oxygen atoms in total. The Bertz CT molecular complexity index is 310. The topological polar surface area (TPSA) is 87.4 Å². The highest BCUT2D eigenvalue weighted by atomic mass is 16.6. The highest BCUT2D eigenvalue weighted by molar-refractivity contribution is 5.84. The Morgan fingerprint density at radius 2 is 1.80 bits per heavy atom. The van der Waals surface area contributed by atoms with Crippen molar-refractivity contribution in [3.8, 4) is 6.07 Å². The summed E-state index contributed by atoms with van der Waals surface area (Å²) in [4.78, 5) is 22.0. The first kappa shape index (κ1) is 13.4. The standard InChI is InChI=1S/C10H15NO4/c1-9(2,3)15-7(12)5-10(4,6-11)8(13)14/h5H2,1-4H3,(H,13,14). The molecule has 0 rings (SSSR count). The number of carbonyl (C=O) groups excluding carboxylic acids is 1. The van der Waals surface area contributed by atoms with Crippen LogP contribution in [0.25, 0.3) is 0 Å². The van der Waals surface area contributed by atoms with E-state index in [1.54, 1.807) is 26.8 Å². The Kier molecular flexibility index (Phi) is 3.85. The number of carbonyl (C=O) groups is 2. The van der Waals surface area contributed by atoms with Gasteiger partial charge in [0.05, 0.1) is 12.5 Å². The fraction of sp³-hybridized carbons (Fsp3) is 0.700. The van der Waals surface area contributed by atoms with Crippen LogP contribution < -0.4 is 0 Å². The monoisotopic (exact) mass is 213 g/mol. The van der Waals surface area contributed by atoms with Crippen LogP contribution in [0.5, 0.6) is 0 Å². The summed E-state index contributed by atoms with van der Waals surface area (Å²) in [6.07, 6.45) is -0.448. The maximum Gasteiger partial charge on any atom is 0.324 e. The molecule has 0 fully saturated rings. The van der Waals surface area contributed by atoms with Crippen LogP contribution in [0.2, 0.25) is 0 Å². The Labute approximate surface area is 88.6 Å². The van der Waals surface area contributed by atoms with Gasteiger partial charge in [0, 0.05) is 0 Å². The maximum absolute atomic E-state index is 11.3. The smallest absolute Gasteiger partial charge is 0.324 e. The van der Waals surface area contributed by atoms with Crippen LogP contribution in [0, 0.1) is 16.7 Å². The number of nitrogens with zero attached hydrogens (tertiary/aromatic N) is 1. The number of carboxylic acid groups (broad SMARTS) is 1. The normalized spacial score (nSPS) is 14.9. The molecule has 0 heterocycles. The quantitative estimate of drug-likeness (QED) is 0.714. The molecule has 0 aliphatic rings. The van der Waals surface area contributed by atoms with Crippen molar-refractivity contribution in [2.24, 2.45) is 5.41 Å². The molecule has 1 unspecified atom stereocenters. The van der Waals surface area contributed by atoms with Gasteiger partial charge in [0.25, 0.3) is 0 Å². The average molecular weight is 213 g/mol. The molecule has 0 aromatic heterocycles. The molecular formula is C10H15NO4. The van der Waals surface area contributed by atoms with E-state index in [9.17, 15) is 9.59 Å². The van der Waals surface area contributed by atoms with Gasteiger partial charge in [-0.1, -0.05) is 0 Å². The summed E-state index contributed by atoms with van der Waals surface area (Å²) >= 11 is 0. The molecule has 15 heavy (non-hydrogen) atoms. The largest absolute Gasteiger partial charge is 0.480 e. The first-order valence-corrected chi connectivity index (χ1v) is 4.47. The Balaban J connectivity index is 4.55. The van der Waals surface area contributed by atoms with Crippen LogP contribution in [-0.4, -0.2) is 22.6 Å². The van der Waals surface area contributed by atoms with Gasteiger partial charge in [-0.25, -0.2) is 0 Å². The van der Waals surface area contributed by atoms with Crippen LogP contribution in [0.3, 0.4) is 0 Å². The van der Waals surface area contributed by atoms with Crippen molar-refractivity contribution < 1.29 is 19.4 Å². The fourth-order valence-corrected chi connectivity index (χ4v) is 0.829. The van der Waals surface area contributed by atoms with Crippen LogP contribution in [0.4, 0.5) is 0 Å². The third-order valence-electron chi connectivity index (χ3n) is 1.64. The minimum Gasteiger partial charge on any atom is -0.480 e. The lowest BCUT2D eigenvalue weighted by Gasteiger charge is -2.22. The van der Waals surface area contributed by atoms with E-state index in [1.165, 1.54) is 6.92 Å². The van der Waals surface area contributed by atoms with Gasteiger partial charge in [-0.05, 0) is 27.7 Å². The molecule has 0 aliphatic heterocycles. The zero-order chi connectivity index (χ0) is 12.3. The predicted molar refractivity (Wildman–Crippen MR) is 51.8 cm³/mol. The molecule has 0 spiro atoms. The summed E-state index contributed by atoms with van der Waals surface area (Å²) in [6.45, 7) is 6.22. The minimum atomic E-state index is -1.72. The lowest BCUT2D eigenvalue weighted by Crippen LogP contribution is -2.32. The summed E-state index contributed by atoms with van der Waals surface area (Å²) in [7, 11) is 0. The number of hydrogen-bond acceptors (Lipinski definition) is 4. The molecule has 5 heteroatoms. The predicted octanol–water partition coefficient (Wildman–Crippen LogP) is 1.33. The van der Waals surface area contributed by atoms with Crippen molar-refractivity contribution in [3.05, 3.63) is 0 Å². The number of esters is 1. The van der Waals surface area contributed by atoms with Crippen LogP contribution in [0.15, 0.2) is 0 Å². The molecule has 1 atom stereocenters. The molecule has 0 amide bonds. The Hall–Kier alpha value is -1.57. The third kappa shape index (κ3) is 4.45. The van der Waals surface area contributed by atoms with E-state index in [4.69, 9.17) is 15.1 Å². The van der Waals surface area contributed by atoms with E-state index in [2.05, 4.69) is 0 Å². The Morgan fingerprint density at radius 3 is 2.07 bits per heavy atom. The van der Waals surface area contributed by atoms with Crippen molar-refractivity contribution >= 4 is 11.9 Å². The zero-order valence-corrected chi connectivity index (χ0v) is 9.33. The highest BCUT2D eigenvalue weighted by Gasteiger charge is 2.37. The van der Waals surface area contributed by atoms with Crippen molar-refractivity contribution in [2.75, 3.05) is 0 Å². The second-order valence-electron chi connectivity index (χ2n) is 4.51. The van der Waals surface area contributed by atoms with Gasteiger partial charge in [0.2, 0.25) is 0 Å². The number of carboxylic acids is 1. The molecule has 0 saturated carbocycles. The summed E-state index contributed by atoms with van der Waals surface area (Å²) in [5.41, 5.74) is -2.39. The lowest BCUT2D eigenvalue weighted by atomic mass is 9.89. The molecule has 0 aliphatic carbocycles. The second-order valence-corrected chi connectivity index (χ2v) is 4.51. The average Bonchev–Trinajstić information content (AvgIpc) is 1.99. The lowest BCUT2D eigenvalue weighted by molar-refractivity contribution is -0.161. The molecule has 84 valence electrons. The van der Waals surface area contributed by atoms with Gasteiger partial charge in [-0.3, -0.25) is 9.59 Å². The minimum absolute atomic E-state index is 0.448. The Morgan fingerprint density at radius 1 is 1.33 bits per heavy atom. The van der Waals surface area contributed by atoms with Gasteiger partial charge < -0.3 is 9.84 Å². The maximum atomic E-state index is 11.3. The first-order valence-electron chi connectivity index (χ1n) is 4.47. The third-order valence-corrected chi connectivity index (χ3v) is 1.64. The number of ether oxygens (including phenoxy) is 1. The van der Waals surface area contributed by atoms with Crippen LogP contribution >= 0.6 is 0 Å². The second kappa shape index (κ2) is 4.30. The van der Waals surface area contributed by atoms with E-state index in [0.29, 0.717) is 0 Å². The molecular weight excluding hydrogens is 198 g/mol. The summed E-state index contributed by atoms with van der Waals surface area (Å²) in [5.74, 6) is -2.01. The molecule has 0 aromatic carbocycles. The van der Waals surface area contributed by atoms with Crippen molar-refractivity contribution in [2.45, 2.75) is 39.7 Å². The van der Waals surface area contributed by atoms with Crippen LogP contribution in [-0.2, 0) is 14.3 Å². The molecule has 0 saturated heterocycles. The van der Waals surface area contributed by atoms with E-state index in [1.807, 2.05) is 0 Å². The van der Waals surface area contributed by atoms with Gasteiger partial charge >= 0.3 is 11.9 Å². The molecule has 0 bridgehead atoms. The van der Waals surface area contributed by atoms with Gasteiger partial charge in [-0.15, -0.1) is 0 Å². The van der Waals surface area contributed by atoms with Crippen LogP contribution in [0.1, 0.15) is 34.1 Å². The number of nitriles is 1. The summed E-state index contributed by atoms with van der Waals surface area (Å²) < 4.78 is 4.93. The number of rotatable bonds is 3. The number of aliphatic carboxylic acids is 1. The van der Waals surface area contributed by atoms with Crippen molar-refractivity contribution in [1.82, 2.24) is 0 Å². The van der Waals surface area contributed by atoms with Gasteiger partial charge in [0.15, 0.2) is 5.41 Å². The van der Waals surface area contributed by atoms with E-state index < -0.39 is 29.4 Å². The van der Waals surface area contributed by atoms with E-state index >= 15 is 0 Å². The highest BCUT2D eigenvalue weighted by Crippen LogP contribution is 2.22. The zero-order valence-electron chi connectivity index (χ0n) is 9.33. The van der Waals surface area contributed by atoms with Crippen molar-refractivity contribution in [1.29, 1.82) is 5.26 Å².